The summed E-state index contributed by atoms with van der Waals surface area (Å²) in [5.41, 5.74) is 4.33. The molecule has 0 fully saturated rings. The molecule has 0 bridgehead atoms. The van der Waals surface area contributed by atoms with Gasteiger partial charge < -0.3 is 9.88 Å². The lowest BCUT2D eigenvalue weighted by atomic mass is 10.1. The molecule has 8 nitrogen and oxygen atoms in total. The zero-order chi connectivity index (χ0) is 19.7. The van der Waals surface area contributed by atoms with Gasteiger partial charge in [-0.05, 0) is 31.0 Å². The third kappa shape index (κ3) is 3.53. The van der Waals surface area contributed by atoms with Crippen molar-refractivity contribution in [3.8, 4) is 0 Å². The molecule has 8 heteroatoms. The average Bonchev–Trinajstić information content (AvgIpc) is 3.09. The van der Waals surface area contributed by atoms with Gasteiger partial charge in [0.2, 0.25) is 5.65 Å². The number of imidazole rings is 1. The zero-order valence-corrected chi connectivity index (χ0v) is 16.0. The number of nitrogens with zero attached hydrogens (tertiary/aromatic N) is 6. The minimum absolute atomic E-state index is 0.177. The molecule has 0 saturated heterocycles. The predicted molar refractivity (Wildman–Crippen MR) is 106 cm³/mol. The van der Waals surface area contributed by atoms with E-state index in [4.69, 9.17) is 0 Å². The Morgan fingerprint density at radius 1 is 1.14 bits per heavy atom. The van der Waals surface area contributed by atoms with Crippen LogP contribution in [0, 0.1) is 12.8 Å². The van der Waals surface area contributed by atoms with Gasteiger partial charge in [0.25, 0.3) is 5.91 Å². The van der Waals surface area contributed by atoms with E-state index in [-0.39, 0.29) is 5.91 Å². The van der Waals surface area contributed by atoms with E-state index in [2.05, 4.69) is 48.9 Å². The average molecular weight is 375 g/mol. The fourth-order valence-corrected chi connectivity index (χ4v) is 3.09. The Labute approximate surface area is 162 Å². The van der Waals surface area contributed by atoms with Crippen LogP contribution in [0.1, 0.15) is 35.6 Å². The van der Waals surface area contributed by atoms with E-state index in [1.54, 1.807) is 24.8 Å². The summed E-state index contributed by atoms with van der Waals surface area (Å²) in [6, 6.07) is 5.41. The number of carbonyl (C=O) groups is 1. The molecule has 4 rings (SSSR count). The Morgan fingerprint density at radius 3 is 2.75 bits per heavy atom. The monoisotopic (exact) mass is 375 g/mol. The molecule has 0 saturated carbocycles. The van der Waals surface area contributed by atoms with Crippen LogP contribution < -0.4 is 5.32 Å². The minimum Gasteiger partial charge on any atom is -0.346 e. The molecule has 0 atom stereocenters. The third-order valence-corrected chi connectivity index (χ3v) is 4.41. The number of aryl methyl sites for hydroxylation is 1. The summed E-state index contributed by atoms with van der Waals surface area (Å²) in [7, 11) is 0. The number of hydrogen-bond acceptors (Lipinski definition) is 6. The van der Waals surface area contributed by atoms with E-state index in [1.807, 2.05) is 19.1 Å². The molecule has 0 radical (unpaired) electrons. The fraction of sp³-hybridized carbons (Fsp3) is 0.300. The second-order valence-electron chi connectivity index (χ2n) is 7.23. The lowest BCUT2D eigenvalue weighted by Gasteiger charge is -2.09. The minimum atomic E-state index is -0.177. The molecule has 142 valence electrons. The van der Waals surface area contributed by atoms with Gasteiger partial charge in [-0.1, -0.05) is 13.8 Å². The second kappa shape index (κ2) is 7.30. The summed E-state index contributed by atoms with van der Waals surface area (Å²) in [6.45, 7) is 7.31. The van der Waals surface area contributed by atoms with Crippen LogP contribution in [0.4, 0.5) is 0 Å². The van der Waals surface area contributed by atoms with Gasteiger partial charge in [0.05, 0.1) is 41.5 Å². The number of nitrogens with one attached hydrogen (secondary N) is 1. The van der Waals surface area contributed by atoms with E-state index in [9.17, 15) is 4.79 Å². The maximum absolute atomic E-state index is 12.6. The van der Waals surface area contributed by atoms with E-state index < -0.39 is 0 Å². The Hall–Kier alpha value is -3.42. The molecule has 0 aliphatic heterocycles. The van der Waals surface area contributed by atoms with Crippen LogP contribution in [0.3, 0.4) is 0 Å². The number of carbonyl (C=O) groups excluding carboxylic acids is 1. The largest absolute Gasteiger partial charge is 0.346 e. The highest BCUT2D eigenvalue weighted by molar-refractivity contribution is 6.05. The van der Waals surface area contributed by atoms with Crippen molar-refractivity contribution in [2.75, 3.05) is 0 Å². The molecular formula is C20H21N7O. The molecule has 4 aromatic rings. The summed E-state index contributed by atoms with van der Waals surface area (Å²) in [4.78, 5) is 25.5. The lowest BCUT2D eigenvalue weighted by molar-refractivity contribution is 0.0950. The zero-order valence-electron chi connectivity index (χ0n) is 16.0. The Bertz CT molecular complexity index is 1150. The standard InChI is InChI=1S/C20H21N7O/c1-12(2)10-27-11-24-19-18(27)16-6-14(4-5-17(16)25-26-19)20(28)23-9-15-8-21-13(3)7-22-15/h4-8,11-12H,9-10H2,1-3H3,(H,23,28). The number of rotatable bonds is 5. The number of fused-ring (bicyclic) bond motifs is 3. The number of aromatic nitrogens is 6. The van der Waals surface area contributed by atoms with Gasteiger partial charge in [-0.3, -0.25) is 14.8 Å². The van der Waals surface area contributed by atoms with Crippen LogP contribution >= 0.6 is 0 Å². The van der Waals surface area contributed by atoms with Crippen molar-refractivity contribution < 1.29 is 4.79 Å². The van der Waals surface area contributed by atoms with Crippen LogP contribution in [0.15, 0.2) is 36.9 Å². The molecule has 0 aliphatic rings. The topological polar surface area (TPSA) is 98.5 Å². The van der Waals surface area contributed by atoms with E-state index in [0.29, 0.717) is 29.4 Å². The summed E-state index contributed by atoms with van der Waals surface area (Å²) < 4.78 is 2.07. The summed E-state index contributed by atoms with van der Waals surface area (Å²) >= 11 is 0. The van der Waals surface area contributed by atoms with Gasteiger partial charge in [0, 0.05) is 23.7 Å². The van der Waals surface area contributed by atoms with Gasteiger partial charge in [-0.2, -0.15) is 0 Å². The van der Waals surface area contributed by atoms with Crippen molar-refractivity contribution in [1.82, 2.24) is 35.0 Å². The van der Waals surface area contributed by atoms with Gasteiger partial charge in [-0.15, -0.1) is 10.2 Å². The lowest BCUT2D eigenvalue weighted by Crippen LogP contribution is -2.23. The van der Waals surface area contributed by atoms with Crippen molar-refractivity contribution in [2.45, 2.75) is 33.9 Å². The van der Waals surface area contributed by atoms with Gasteiger partial charge in [-0.25, -0.2) is 4.98 Å². The van der Waals surface area contributed by atoms with Crippen molar-refractivity contribution in [1.29, 1.82) is 0 Å². The molecule has 1 amide bonds. The van der Waals surface area contributed by atoms with Crippen molar-refractivity contribution >= 4 is 28.0 Å². The van der Waals surface area contributed by atoms with Crippen LogP contribution in [0.2, 0.25) is 0 Å². The van der Waals surface area contributed by atoms with Gasteiger partial charge in [0.1, 0.15) is 0 Å². The van der Waals surface area contributed by atoms with Crippen LogP contribution in [-0.2, 0) is 13.1 Å². The molecule has 0 aliphatic carbocycles. The molecule has 28 heavy (non-hydrogen) atoms. The maximum Gasteiger partial charge on any atom is 0.251 e. The predicted octanol–water partition coefficient (Wildman–Crippen LogP) is 2.66. The number of hydrogen-bond donors (Lipinski definition) is 1. The summed E-state index contributed by atoms with van der Waals surface area (Å²) in [5.74, 6) is 0.284. The van der Waals surface area contributed by atoms with Crippen LogP contribution in [0.5, 0.6) is 0 Å². The molecule has 1 aromatic carbocycles. The first-order chi connectivity index (χ1) is 13.5. The summed E-state index contributed by atoms with van der Waals surface area (Å²) in [5, 5.41) is 12.2. The highest BCUT2D eigenvalue weighted by atomic mass is 16.1. The van der Waals surface area contributed by atoms with E-state index >= 15 is 0 Å². The molecule has 0 spiro atoms. The van der Waals surface area contributed by atoms with Gasteiger partial charge in [0.15, 0.2) is 0 Å². The normalized spacial score (nSPS) is 11.4. The van der Waals surface area contributed by atoms with Crippen molar-refractivity contribution in [2.24, 2.45) is 5.92 Å². The maximum atomic E-state index is 12.6. The van der Waals surface area contributed by atoms with Crippen molar-refractivity contribution in [3.05, 3.63) is 53.9 Å². The smallest absolute Gasteiger partial charge is 0.251 e. The van der Waals surface area contributed by atoms with Gasteiger partial charge >= 0.3 is 0 Å². The first kappa shape index (κ1) is 18.0. The second-order valence-corrected chi connectivity index (χ2v) is 7.23. The van der Waals surface area contributed by atoms with Crippen LogP contribution in [-0.4, -0.2) is 35.6 Å². The first-order valence-electron chi connectivity index (χ1n) is 9.18. The van der Waals surface area contributed by atoms with E-state index in [1.165, 1.54) is 0 Å². The highest BCUT2D eigenvalue weighted by Crippen LogP contribution is 2.23. The molecule has 1 N–H and O–H groups in total. The molecule has 0 unspecified atom stereocenters. The first-order valence-corrected chi connectivity index (χ1v) is 9.18. The van der Waals surface area contributed by atoms with Crippen molar-refractivity contribution in [3.63, 3.8) is 0 Å². The Morgan fingerprint density at radius 2 is 2.00 bits per heavy atom. The fourth-order valence-electron chi connectivity index (χ4n) is 3.09. The quantitative estimate of drug-likeness (QED) is 0.576. The highest BCUT2D eigenvalue weighted by Gasteiger charge is 2.14. The SMILES string of the molecule is Cc1cnc(CNC(=O)c2ccc3nnc4ncn(CC(C)C)c4c3c2)cn1. The molecule has 3 heterocycles. The third-order valence-electron chi connectivity index (χ3n) is 4.41. The van der Waals surface area contributed by atoms with E-state index in [0.717, 1.165) is 28.7 Å². The summed E-state index contributed by atoms with van der Waals surface area (Å²) in [6.07, 6.45) is 5.13. The number of benzene rings is 1. The molecule has 3 aromatic heterocycles. The Balaban J connectivity index is 1.65. The Kier molecular flexibility index (Phi) is 4.68. The molecular weight excluding hydrogens is 354 g/mol. The van der Waals surface area contributed by atoms with Crippen LogP contribution in [0.25, 0.3) is 22.1 Å². The number of amides is 1.